The Morgan fingerprint density at radius 3 is 2.48 bits per heavy atom. The van der Waals surface area contributed by atoms with Crippen molar-refractivity contribution in [3.8, 4) is 0 Å². The van der Waals surface area contributed by atoms with Gasteiger partial charge in [-0.25, -0.2) is 0 Å². The minimum atomic E-state index is -0.0403. The maximum Gasteiger partial charge on any atom is 0.224 e. The predicted molar refractivity (Wildman–Crippen MR) is 101 cm³/mol. The highest BCUT2D eigenvalue weighted by atomic mass is 16.1. The van der Waals surface area contributed by atoms with Gasteiger partial charge in [0.05, 0.1) is 11.2 Å². The van der Waals surface area contributed by atoms with Crippen LogP contribution < -0.4 is 5.43 Å². The highest BCUT2D eigenvalue weighted by molar-refractivity contribution is 6.06. The average molecular weight is 325 g/mol. The summed E-state index contributed by atoms with van der Waals surface area (Å²) in [5, 5.41) is 3.09. The molecule has 5 rings (SSSR count). The van der Waals surface area contributed by atoms with E-state index >= 15 is 0 Å². The van der Waals surface area contributed by atoms with E-state index < -0.39 is 0 Å². The molecule has 2 N–H and O–H groups in total. The van der Waals surface area contributed by atoms with Gasteiger partial charge in [0.1, 0.15) is 0 Å². The highest BCUT2D eigenvalue weighted by Crippen LogP contribution is 2.23. The van der Waals surface area contributed by atoms with Crippen molar-refractivity contribution >= 4 is 32.7 Å². The molecule has 0 bridgehead atoms. The zero-order valence-electron chi connectivity index (χ0n) is 13.4. The first-order valence-corrected chi connectivity index (χ1v) is 8.25. The monoisotopic (exact) mass is 325 g/mol. The topological polar surface area (TPSA) is 61.5 Å². The molecule has 4 heteroatoms. The largest absolute Gasteiger partial charge is 0.361 e. The number of benzene rings is 2. The van der Waals surface area contributed by atoms with Crippen LogP contribution in [0.1, 0.15) is 11.3 Å². The minimum absolute atomic E-state index is 0.0403. The number of nitrogens with zero attached hydrogens (tertiary/aromatic N) is 1. The van der Waals surface area contributed by atoms with Gasteiger partial charge in [0, 0.05) is 46.0 Å². The van der Waals surface area contributed by atoms with Gasteiger partial charge in [0.25, 0.3) is 0 Å². The number of rotatable bonds is 2. The van der Waals surface area contributed by atoms with Gasteiger partial charge < -0.3 is 9.97 Å². The van der Waals surface area contributed by atoms with Crippen LogP contribution in [0, 0.1) is 0 Å². The van der Waals surface area contributed by atoms with Crippen LogP contribution in [0.4, 0.5) is 0 Å². The minimum Gasteiger partial charge on any atom is -0.361 e. The zero-order valence-corrected chi connectivity index (χ0v) is 13.4. The van der Waals surface area contributed by atoms with Crippen molar-refractivity contribution in [3.63, 3.8) is 0 Å². The second kappa shape index (κ2) is 5.31. The fourth-order valence-corrected chi connectivity index (χ4v) is 3.50. The van der Waals surface area contributed by atoms with Crippen molar-refractivity contribution in [3.05, 3.63) is 88.5 Å². The van der Waals surface area contributed by atoms with Gasteiger partial charge >= 0.3 is 0 Å². The number of hydrogen-bond acceptors (Lipinski definition) is 2. The van der Waals surface area contributed by atoms with Crippen LogP contribution >= 0.6 is 0 Å². The molecule has 0 aliphatic rings. The van der Waals surface area contributed by atoms with E-state index in [1.54, 1.807) is 6.20 Å². The Labute approximate surface area is 143 Å². The predicted octanol–water partition coefficient (Wildman–Crippen LogP) is 4.15. The number of para-hydroxylation sites is 2. The van der Waals surface area contributed by atoms with Gasteiger partial charge in [-0.15, -0.1) is 0 Å². The standard InChI is InChI=1S/C21H15N3O/c25-21-19(11-13-12-23-17-7-3-1-5-14(13)17)22-10-9-16-15-6-2-4-8-18(15)24-20(16)21/h1-10,12,23-24H,11H2. The second-order valence-corrected chi connectivity index (χ2v) is 6.22. The molecule has 120 valence electrons. The second-order valence-electron chi connectivity index (χ2n) is 6.22. The molecule has 3 heterocycles. The van der Waals surface area contributed by atoms with Crippen LogP contribution in [-0.4, -0.2) is 15.0 Å². The summed E-state index contributed by atoms with van der Waals surface area (Å²) in [7, 11) is 0. The maximum absolute atomic E-state index is 13.1. The number of hydrogen-bond donors (Lipinski definition) is 2. The van der Waals surface area contributed by atoms with E-state index in [2.05, 4.69) is 21.0 Å². The summed E-state index contributed by atoms with van der Waals surface area (Å²) in [6, 6.07) is 18.0. The number of nitrogens with one attached hydrogen (secondary N) is 2. The van der Waals surface area contributed by atoms with Crippen LogP contribution in [0.2, 0.25) is 0 Å². The van der Waals surface area contributed by atoms with E-state index in [1.165, 1.54) is 0 Å². The molecule has 0 spiro atoms. The molecule has 2 aromatic carbocycles. The Morgan fingerprint density at radius 2 is 1.60 bits per heavy atom. The molecule has 0 aliphatic heterocycles. The molecule has 0 amide bonds. The summed E-state index contributed by atoms with van der Waals surface area (Å²) >= 11 is 0. The van der Waals surface area contributed by atoms with Crippen molar-refractivity contribution < 1.29 is 0 Å². The SMILES string of the molecule is O=c1c(Cc2c[nH]c3ccccc23)nccc2c1[nH]c1ccccc12. The van der Waals surface area contributed by atoms with Gasteiger partial charge in [-0.05, 0) is 23.8 Å². The number of aromatic nitrogens is 3. The van der Waals surface area contributed by atoms with Gasteiger partial charge in [0.2, 0.25) is 5.43 Å². The van der Waals surface area contributed by atoms with Gasteiger partial charge in [0.15, 0.2) is 0 Å². The summed E-state index contributed by atoms with van der Waals surface area (Å²) in [5.41, 5.74) is 4.25. The normalized spacial score (nSPS) is 11.5. The Balaban J connectivity index is 1.73. The third kappa shape index (κ3) is 2.15. The summed E-state index contributed by atoms with van der Waals surface area (Å²) in [5.74, 6) is 0. The van der Waals surface area contributed by atoms with Gasteiger partial charge in [-0.3, -0.25) is 9.78 Å². The summed E-state index contributed by atoms with van der Waals surface area (Å²) < 4.78 is 0. The van der Waals surface area contributed by atoms with Crippen LogP contribution in [-0.2, 0) is 6.42 Å². The molecule has 0 atom stereocenters. The lowest BCUT2D eigenvalue weighted by atomic mass is 10.1. The first kappa shape index (κ1) is 14.0. The Bertz CT molecular complexity index is 1300. The van der Waals surface area contributed by atoms with Crippen LogP contribution in [0.5, 0.6) is 0 Å². The molecule has 3 aromatic heterocycles. The fourth-order valence-electron chi connectivity index (χ4n) is 3.50. The van der Waals surface area contributed by atoms with E-state index in [1.807, 2.05) is 54.7 Å². The molecular formula is C21H15N3O. The quantitative estimate of drug-likeness (QED) is 0.512. The van der Waals surface area contributed by atoms with E-state index in [0.29, 0.717) is 17.6 Å². The molecule has 0 radical (unpaired) electrons. The lowest BCUT2D eigenvalue weighted by molar-refractivity contribution is 1.08. The first-order chi connectivity index (χ1) is 12.3. The van der Waals surface area contributed by atoms with Crippen molar-refractivity contribution in [1.29, 1.82) is 0 Å². The fraction of sp³-hybridized carbons (Fsp3) is 0.0476. The van der Waals surface area contributed by atoms with Crippen LogP contribution in [0.25, 0.3) is 32.7 Å². The average Bonchev–Trinajstić information content (AvgIpc) is 3.18. The number of fused-ring (bicyclic) bond motifs is 4. The highest BCUT2D eigenvalue weighted by Gasteiger charge is 2.12. The van der Waals surface area contributed by atoms with Crippen molar-refractivity contribution in [2.45, 2.75) is 6.42 Å². The lowest BCUT2D eigenvalue weighted by Crippen LogP contribution is -2.09. The van der Waals surface area contributed by atoms with E-state index in [-0.39, 0.29) is 5.43 Å². The van der Waals surface area contributed by atoms with Gasteiger partial charge in [-0.1, -0.05) is 36.4 Å². The van der Waals surface area contributed by atoms with E-state index in [4.69, 9.17) is 0 Å². The van der Waals surface area contributed by atoms with E-state index in [0.717, 1.165) is 32.8 Å². The molecule has 4 nitrogen and oxygen atoms in total. The van der Waals surface area contributed by atoms with E-state index in [9.17, 15) is 4.79 Å². The molecule has 0 unspecified atom stereocenters. The van der Waals surface area contributed by atoms with Crippen molar-refractivity contribution in [2.75, 3.05) is 0 Å². The molecule has 0 fully saturated rings. The maximum atomic E-state index is 13.1. The van der Waals surface area contributed by atoms with Crippen molar-refractivity contribution in [2.24, 2.45) is 0 Å². The Hall–Kier alpha value is -3.40. The third-order valence-corrected chi connectivity index (χ3v) is 4.74. The Morgan fingerprint density at radius 1 is 0.840 bits per heavy atom. The first-order valence-electron chi connectivity index (χ1n) is 8.25. The summed E-state index contributed by atoms with van der Waals surface area (Å²) in [6.45, 7) is 0. The molecule has 5 aromatic rings. The molecule has 0 saturated heterocycles. The number of aromatic amines is 2. The molecule has 0 saturated carbocycles. The summed E-state index contributed by atoms with van der Waals surface area (Å²) in [4.78, 5) is 24.0. The van der Waals surface area contributed by atoms with Crippen LogP contribution in [0.3, 0.4) is 0 Å². The zero-order chi connectivity index (χ0) is 16.8. The summed E-state index contributed by atoms with van der Waals surface area (Å²) in [6.07, 6.45) is 4.19. The Kier molecular flexibility index (Phi) is 2.97. The smallest absolute Gasteiger partial charge is 0.224 e. The third-order valence-electron chi connectivity index (χ3n) is 4.74. The molecule has 0 aliphatic carbocycles. The number of H-pyrrole nitrogens is 2. The van der Waals surface area contributed by atoms with Crippen LogP contribution in [0.15, 0.2) is 71.8 Å². The lowest BCUT2D eigenvalue weighted by Gasteiger charge is -1.96. The van der Waals surface area contributed by atoms with Crippen molar-refractivity contribution in [1.82, 2.24) is 15.0 Å². The molecular weight excluding hydrogens is 310 g/mol. The van der Waals surface area contributed by atoms with Gasteiger partial charge in [-0.2, -0.15) is 0 Å². The molecule has 25 heavy (non-hydrogen) atoms.